The van der Waals surface area contributed by atoms with Crippen LogP contribution in [0.25, 0.3) is 0 Å². The monoisotopic (exact) mass is 518 g/mol. The van der Waals surface area contributed by atoms with Gasteiger partial charge in [-0.05, 0) is 55.7 Å². The number of nitrogens with one attached hydrogen (secondary N) is 1. The van der Waals surface area contributed by atoms with Gasteiger partial charge in [-0.15, -0.1) is 0 Å². The lowest BCUT2D eigenvalue weighted by molar-refractivity contribution is -0.216. The van der Waals surface area contributed by atoms with E-state index in [-0.39, 0.29) is 22.1 Å². The molecule has 3 heterocycles. The summed E-state index contributed by atoms with van der Waals surface area (Å²) < 4.78 is 32.5. The lowest BCUT2D eigenvalue weighted by Crippen LogP contribution is -2.58. The van der Waals surface area contributed by atoms with Crippen molar-refractivity contribution in [2.45, 2.75) is 57.4 Å². The smallest absolute Gasteiger partial charge is 0.350 e. The molecule has 0 amide bonds. The van der Waals surface area contributed by atoms with Gasteiger partial charge in [0.05, 0.1) is 17.8 Å². The summed E-state index contributed by atoms with van der Waals surface area (Å²) in [6, 6.07) is 7.09. The van der Waals surface area contributed by atoms with E-state index in [1.165, 1.54) is 7.11 Å². The molecule has 1 aromatic heterocycles. The van der Waals surface area contributed by atoms with Gasteiger partial charge in [0.1, 0.15) is 11.9 Å². The summed E-state index contributed by atoms with van der Waals surface area (Å²) >= 11 is 0. The van der Waals surface area contributed by atoms with Crippen LogP contribution in [-0.4, -0.2) is 73.9 Å². The fourth-order valence-corrected chi connectivity index (χ4v) is 7.33. The number of ether oxygens (including phenoxy) is 1. The molecule has 0 spiro atoms. The second-order valence-electron chi connectivity index (χ2n) is 10.2. The van der Waals surface area contributed by atoms with Crippen molar-refractivity contribution in [2.75, 3.05) is 30.9 Å². The highest BCUT2D eigenvalue weighted by atomic mass is 32.2. The third-order valence-corrected chi connectivity index (χ3v) is 8.99. The number of nitrogens with zero attached hydrogens (tertiary/aromatic N) is 3. The molecular formula is C25H34N4O6S. The van der Waals surface area contributed by atoms with Gasteiger partial charge in [-0.3, -0.25) is 15.1 Å². The summed E-state index contributed by atoms with van der Waals surface area (Å²) in [5.74, 6) is -0.934. The van der Waals surface area contributed by atoms with Gasteiger partial charge in [-0.1, -0.05) is 13.8 Å². The third kappa shape index (κ3) is 5.19. The zero-order chi connectivity index (χ0) is 26.3. The minimum Gasteiger partial charge on any atom is -0.497 e. The van der Waals surface area contributed by atoms with E-state index < -0.39 is 28.2 Å². The lowest BCUT2D eigenvalue weighted by atomic mass is 9.78. The van der Waals surface area contributed by atoms with Crippen molar-refractivity contribution in [3.8, 4) is 5.75 Å². The molecule has 2 saturated heterocycles. The minimum absolute atomic E-state index is 0.203. The molecule has 196 valence electrons. The Balaban J connectivity index is 1.60. The molecule has 3 atom stereocenters. The zero-order valence-electron chi connectivity index (χ0n) is 21.3. The van der Waals surface area contributed by atoms with Crippen molar-refractivity contribution in [3.05, 3.63) is 47.8 Å². The topological polar surface area (TPSA) is 121 Å². The Morgan fingerprint density at radius 2 is 1.89 bits per heavy atom. The van der Waals surface area contributed by atoms with E-state index in [1.54, 1.807) is 43.4 Å². The first kappa shape index (κ1) is 26.3. The number of carboxylic acid groups (broad SMARTS) is 1. The molecular weight excluding hydrogens is 484 g/mol. The molecule has 1 aromatic carbocycles. The molecule has 11 heteroatoms. The fourth-order valence-electron chi connectivity index (χ4n) is 5.40. The predicted octanol–water partition coefficient (Wildman–Crippen LogP) is 2.36. The van der Waals surface area contributed by atoms with Gasteiger partial charge in [0.15, 0.2) is 9.84 Å². The van der Waals surface area contributed by atoms with Crippen LogP contribution in [0, 0.1) is 19.3 Å². The average Bonchev–Trinajstić information content (AvgIpc) is 3.21. The number of carboxylic acids is 1. The number of anilines is 1. The molecule has 2 aliphatic rings. The Labute approximate surface area is 212 Å². The summed E-state index contributed by atoms with van der Waals surface area (Å²) in [5, 5.41) is 14.1. The van der Waals surface area contributed by atoms with E-state index in [0.29, 0.717) is 36.4 Å². The number of benzene rings is 1. The number of carbonyl (C=O) groups is 1. The highest BCUT2D eigenvalue weighted by Gasteiger charge is 2.49. The van der Waals surface area contributed by atoms with Crippen LogP contribution in [0.4, 0.5) is 5.69 Å². The van der Waals surface area contributed by atoms with Gasteiger partial charge in [-0.25, -0.2) is 13.2 Å². The summed E-state index contributed by atoms with van der Waals surface area (Å²) in [5.41, 5.74) is 1.89. The molecule has 0 bridgehead atoms. The molecule has 0 radical (unpaired) electrons. The van der Waals surface area contributed by atoms with Gasteiger partial charge in [-0.2, -0.15) is 5.06 Å². The van der Waals surface area contributed by atoms with E-state index in [4.69, 9.17) is 9.57 Å². The van der Waals surface area contributed by atoms with Crippen LogP contribution >= 0.6 is 0 Å². The number of hydrogen-bond acceptors (Lipinski definition) is 9. The van der Waals surface area contributed by atoms with Gasteiger partial charge in [0.2, 0.25) is 6.23 Å². The first-order chi connectivity index (χ1) is 16.9. The maximum Gasteiger partial charge on any atom is 0.350 e. The van der Waals surface area contributed by atoms with Crippen molar-refractivity contribution in [3.63, 3.8) is 0 Å². The van der Waals surface area contributed by atoms with E-state index in [2.05, 4.69) is 29.0 Å². The predicted molar refractivity (Wildman–Crippen MR) is 134 cm³/mol. The first-order valence-electron chi connectivity index (χ1n) is 11.9. The molecule has 2 aromatic rings. The Morgan fingerprint density at radius 3 is 2.44 bits per heavy atom. The highest BCUT2D eigenvalue weighted by Crippen LogP contribution is 2.38. The van der Waals surface area contributed by atoms with E-state index in [9.17, 15) is 18.3 Å². The molecule has 0 aliphatic carbocycles. The van der Waals surface area contributed by atoms with E-state index >= 15 is 0 Å². The Kier molecular flexibility index (Phi) is 7.29. The normalized spacial score (nSPS) is 24.6. The molecule has 2 fully saturated rings. The number of methoxy groups -OCH3 is 1. The van der Waals surface area contributed by atoms with Crippen molar-refractivity contribution in [1.82, 2.24) is 15.4 Å². The number of sulfone groups is 1. The molecule has 2 aliphatic heterocycles. The lowest BCUT2D eigenvalue weighted by Gasteiger charge is -2.48. The number of rotatable bonds is 7. The van der Waals surface area contributed by atoms with Crippen molar-refractivity contribution in [1.29, 1.82) is 0 Å². The van der Waals surface area contributed by atoms with Crippen LogP contribution < -0.4 is 15.0 Å². The second kappa shape index (κ2) is 9.97. The Morgan fingerprint density at radius 1 is 1.25 bits per heavy atom. The van der Waals surface area contributed by atoms with Gasteiger partial charge in [0.25, 0.3) is 0 Å². The van der Waals surface area contributed by atoms with Gasteiger partial charge in [0, 0.05) is 42.6 Å². The van der Waals surface area contributed by atoms with Crippen molar-refractivity contribution >= 4 is 21.5 Å². The summed E-state index contributed by atoms with van der Waals surface area (Å²) in [6.45, 7) is 9.05. The maximum absolute atomic E-state index is 13.6. The number of aryl methyl sites for hydroxylation is 2. The number of hydroxylamine groups is 2. The Bertz CT molecular complexity index is 1200. The standard InChI is InChI=1S/C25H34N4O6S/c1-16-12-19(34-5)13-17(2)22(16)36(32,33)14-21-27-23(24(30)31)35-29(21)20-8-11-28(15-25(20,3)4)18-6-9-26-10-7-18/h6-7,9-10,12-13,20-21,23,27H,8,11,14-15H2,1-5H3,(H,30,31). The quantitative estimate of drug-likeness (QED) is 0.565. The highest BCUT2D eigenvalue weighted by molar-refractivity contribution is 7.91. The zero-order valence-corrected chi connectivity index (χ0v) is 22.1. The molecule has 3 unspecified atom stereocenters. The molecule has 36 heavy (non-hydrogen) atoms. The van der Waals surface area contributed by atoms with Crippen LogP contribution in [0.3, 0.4) is 0 Å². The summed E-state index contributed by atoms with van der Waals surface area (Å²) in [7, 11) is -2.26. The number of hydrogen-bond donors (Lipinski definition) is 2. The van der Waals surface area contributed by atoms with E-state index in [0.717, 1.165) is 5.69 Å². The second-order valence-corrected chi connectivity index (χ2v) is 12.1. The molecule has 2 N–H and O–H groups in total. The summed E-state index contributed by atoms with van der Waals surface area (Å²) in [6.07, 6.45) is 2.03. The fraction of sp³-hybridized carbons (Fsp3) is 0.520. The van der Waals surface area contributed by atoms with E-state index in [1.807, 2.05) is 12.1 Å². The molecule has 4 rings (SSSR count). The average molecular weight is 519 g/mol. The third-order valence-electron chi connectivity index (χ3n) is 6.97. The largest absolute Gasteiger partial charge is 0.497 e. The molecule has 0 saturated carbocycles. The van der Waals surface area contributed by atoms with Gasteiger partial charge < -0.3 is 14.7 Å². The summed E-state index contributed by atoms with van der Waals surface area (Å²) in [4.78, 5) is 24.2. The van der Waals surface area contributed by atoms with Crippen molar-refractivity contribution < 1.29 is 27.9 Å². The first-order valence-corrected chi connectivity index (χ1v) is 13.5. The Hall–Kier alpha value is -2.73. The van der Waals surface area contributed by atoms with Crippen LogP contribution in [0.1, 0.15) is 31.4 Å². The van der Waals surface area contributed by atoms with Crippen molar-refractivity contribution in [2.24, 2.45) is 5.41 Å². The van der Waals surface area contributed by atoms with Crippen LogP contribution in [0.15, 0.2) is 41.6 Å². The molecule has 10 nitrogen and oxygen atoms in total. The van der Waals surface area contributed by atoms with Crippen LogP contribution in [-0.2, 0) is 19.5 Å². The number of pyridine rings is 1. The number of aliphatic carboxylic acids is 1. The van der Waals surface area contributed by atoms with Crippen LogP contribution in [0.2, 0.25) is 0 Å². The number of aromatic nitrogens is 1. The maximum atomic E-state index is 13.6. The van der Waals surface area contributed by atoms with Crippen LogP contribution in [0.5, 0.6) is 5.75 Å². The van der Waals surface area contributed by atoms with Gasteiger partial charge >= 0.3 is 5.97 Å². The SMILES string of the molecule is COc1cc(C)c(S(=O)(=O)CC2NC(C(=O)O)ON2C2CCN(c3ccncc3)CC2(C)C)c(C)c1. The minimum atomic E-state index is -3.79. The number of piperidine rings is 1.